The Bertz CT molecular complexity index is 1010. The Hall–Kier alpha value is -2.99. The number of carbonyl (C=O) groups is 1. The third-order valence-corrected chi connectivity index (χ3v) is 6.30. The van der Waals surface area contributed by atoms with E-state index in [1.54, 1.807) is 12.1 Å². The quantitative estimate of drug-likeness (QED) is 0.398. The zero-order valence-corrected chi connectivity index (χ0v) is 19.7. The molecule has 0 aromatic heterocycles. The first-order chi connectivity index (χ1) is 16.6. The number of hydrogen-bond donors (Lipinski definition) is 0. The fourth-order valence-corrected chi connectivity index (χ4v) is 4.19. The number of rotatable bonds is 9. The van der Waals surface area contributed by atoms with E-state index < -0.39 is 12.2 Å². The van der Waals surface area contributed by atoms with Gasteiger partial charge in [0, 0.05) is 5.92 Å². The molecule has 0 bridgehead atoms. The first-order valence-corrected chi connectivity index (χ1v) is 11.8. The van der Waals surface area contributed by atoms with Crippen molar-refractivity contribution in [3.63, 3.8) is 0 Å². The second-order valence-electron chi connectivity index (χ2n) is 8.73. The van der Waals surface area contributed by atoms with Gasteiger partial charge in [0.25, 0.3) is 0 Å². The summed E-state index contributed by atoms with van der Waals surface area (Å²) >= 11 is 0. The maximum atomic E-state index is 12.6. The largest absolute Gasteiger partial charge is 0.459 e. The van der Waals surface area contributed by atoms with Crippen LogP contribution in [0.5, 0.6) is 0 Å². The van der Waals surface area contributed by atoms with Crippen LogP contribution in [-0.4, -0.2) is 37.0 Å². The lowest BCUT2D eigenvalue weighted by atomic mass is 9.88. The lowest BCUT2D eigenvalue weighted by molar-refractivity contribution is -0.234. The average Bonchev–Trinajstić information content (AvgIpc) is 2.89. The Morgan fingerprint density at radius 2 is 1.24 bits per heavy atom. The molecule has 178 valence electrons. The van der Waals surface area contributed by atoms with Crippen molar-refractivity contribution in [1.29, 1.82) is 0 Å². The first kappa shape index (κ1) is 24.1. The molecule has 5 nitrogen and oxygen atoms in total. The molecule has 5 atom stereocenters. The second kappa shape index (κ2) is 11.9. The molecule has 3 aromatic carbocycles. The van der Waals surface area contributed by atoms with Crippen molar-refractivity contribution in [2.75, 3.05) is 6.61 Å². The minimum atomic E-state index is -0.441. The zero-order valence-electron chi connectivity index (χ0n) is 19.7. The monoisotopic (exact) mass is 460 g/mol. The Labute approximate surface area is 201 Å². The van der Waals surface area contributed by atoms with Crippen LogP contribution in [0, 0.1) is 5.92 Å². The number of esters is 1. The SMILES string of the molecule is CC1[C@H](C)OC(COC(=O)c2ccccc2)[C@H](OCc2ccccc2)[C@@H]1OCc1ccccc1. The van der Waals surface area contributed by atoms with Crippen molar-refractivity contribution in [2.24, 2.45) is 5.92 Å². The van der Waals surface area contributed by atoms with Gasteiger partial charge in [0.05, 0.1) is 31.0 Å². The topological polar surface area (TPSA) is 54.0 Å². The van der Waals surface area contributed by atoms with Crippen molar-refractivity contribution in [1.82, 2.24) is 0 Å². The minimum Gasteiger partial charge on any atom is -0.459 e. The normalized spacial score (nSPS) is 24.5. The molecule has 0 radical (unpaired) electrons. The third-order valence-electron chi connectivity index (χ3n) is 6.30. The van der Waals surface area contributed by atoms with Crippen molar-refractivity contribution in [2.45, 2.75) is 51.5 Å². The number of carbonyl (C=O) groups excluding carboxylic acids is 1. The molecule has 0 aliphatic carbocycles. The van der Waals surface area contributed by atoms with E-state index >= 15 is 0 Å². The number of hydrogen-bond acceptors (Lipinski definition) is 5. The highest BCUT2D eigenvalue weighted by molar-refractivity contribution is 5.89. The molecule has 34 heavy (non-hydrogen) atoms. The summed E-state index contributed by atoms with van der Waals surface area (Å²) in [5.74, 6) is -0.274. The van der Waals surface area contributed by atoms with Crippen molar-refractivity contribution >= 4 is 5.97 Å². The summed E-state index contributed by atoms with van der Waals surface area (Å²) in [6, 6.07) is 29.1. The summed E-state index contributed by atoms with van der Waals surface area (Å²) < 4.78 is 24.8. The first-order valence-electron chi connectivity index (χ1n) is 11.8. The molecule has 1 heterocycles. The second-order valence-corrected chi connectivity index (χ2v) is 8.73. The van der Waals surface area contributed by atoms with Crippen LogP contribution in [0.25, 0.3) is 0 Å². The predicted molar refractivity (Wildman–Crippen MR) is 130 cm³/mol. The van der Waals surface area contributed by atoms with Gasteiger partial charge in [-0.1, -0.05) is 85.8 Å². The van der Waals surface area contributed by atoms with Crippen LogP contribution in [0.2, 0.25) is 0 Å². The van der Waals surface area contributed by atoms with E-state index in [0.717, 1.165) is 11.1 Å². The van der Waals surface area contributed by atoms with Gasteiger partial charge < -0.3 is 18.9 Å². The molecule has 0 saturated carbocycles. The van der Waals surface area contributed by atoms with E-state index in [-0.39, 0.29) is 30.7 Å². The highest BCUT2D eigenvalue weighted by Crippen LogP contribution is 2.32. The Morgan fingerprint density at radius 1 is 0.735 bits per heavy atom. The molecule has 1 fully saturated rings. The van der Waals surface area contributed by atoms with Crippen LogP contribution in [0.4, 0.5) is 0 Å². The van der Waals surface area contributed by atoms with Gasteiger partial charge in [0.2, 0.25) is 0 Å². The molecule has 1 saturated heterocycles. The standard InChI is InChI=1S/C29H32O5/c1-21-22(2)34-26(20-33-29(30)25-16-10-5-11-17-25)28(32-19-24-14-8-4-9-15-24)27(21)31-18-23-12-6-3-7-13-23/h3-17,21-22,26-28H,18-20H2,1-2H3/t21?,22-,26?,27+,28-/m0/s1. The predicted octanol–water partition coefficient (Wildman–Crippen LogP) is 5.44. The van der Waals surface area contributed by atoms with Gasteiger partial charge in [-0.2, -0.15) is 0 Å². The summed E-state index contributed by atoms with van der Waals surface area (Å²) in [7, 11) is 0. The van der Waals surface area contributed by atoms with Gasteiger partial charge in [-0.15, -0.1) is 0 Å². The molecular formula is C29H32O5. The van der Waals surface area contributed by atoms with Gasteiger partial charge in [-0.3, -0.25) is 0 Å². The molecule has 5 heteroatoms. The molecule has 1 aliphatic heterocycles. The summed E-state index contributed by atoms with van der Waals surface area (Å²) in [5.41, 5.74) is 2.68. The van der Waals surface area contributed by atoms with Crippen LogP contribution in [0.1, 0.15) is 35.3 Å². The fourth-order valence-electron chi connectivity index (χ4n) is 4.19. The van der Waals surface area contributed by atoms with Crippen LogP contribution in [-0.2, 0) is 32.2 Å². The van der Waals surface area contributed by atoms with E-state index in [0.29, 0.717) is 18.8 Å². The molecule has 0 amide bonds. The van der Waals surface area contributed by atoms with E-state index in [1.165, 1.54) is 0 Å². The van der Waals surface area contributed by atoms with Gasteiger partial charge in [0.1, 0.15) is 18.8 Å². The molecule has 4 rings (SSSR count). The highest BCUT2D eigenvalue weighted by Gasteiger charge is 2.44. The summed E-state index contributed by atoms with van der Waals surface area (Å²) in [6.07, 6.45) is -1.12. The highest BCUT2D eigenvalue weighted by atomic mass is 16.6. The number of benzene rings is 3. The molecule has 2 unspecified atom stereocenters. The van der Waals surface area contributed by atoms with Crippen molar-refractivity contribution in [3.05, 3.63) is 108 Å². The summed E-state index contributed by atoms with van der Waals surface area (Å²) in [6.45, 7) is 5.14. The van der Waals surface area contributed by atoms with Crippen LogP contribution in [0.15, 0.2) is 91.0 Å². The Kier molecular flexibility index (Phi) is 8.47. The summed E-state index contributed by atoms with van der Waals surface area (Å²) in [5, 5.41) is 0. The van der Waals surface area contributed by atoms with Crippen LogP contribution in [0.3, 0.4) is 0 Å². The van der Waals surface area contributed by atoms with Crippen molar-refractivity contribution < 1.29 is 23.7 Å². The van der Waals surface area contributed by atoms with E-state index in [4.69, 9.17) is 18.9 Å². The van der Waals surface area contributed by atoms with E-state index in [2.05, 4.69) is 6.92 Å². The van der Waals surface area contributed by atoms with Gasteiger partial charge in [0.15, 0.2) is 0 Å². The van der Waals surface area contributed by atoms with Gasteiger partial charge in [-0.25, -0.2) is 4.79 Å². The minimum absolute atomic E-state index is 0.0715. The lowest BCUT2D eigenvalue weighted by Gasteiger charge is -2.44. The average molecular weight is 461 g/mol. The van der Waals surface area contributed by atoms with Crippen LogP contribution >= 0.6 is 0 Å². The van der Waals surface area contributed by atoms with Crippen LogP contribution < -0.4 is 0 Å². The van der Waals surface area contributed by atoms with Gasteiger partial charge in [-0.05, 0) is 30.2 Å². The molecular weight excluding hydrogens is 428 g/mol. The molecule has 3 aromatic rings. The van der Waals surface area contributed by atoms with Crippen molar-refractivity contribution in [3.8, 4) is 0 Å². The summed E-state index contributed by atoms with van der Waals surface area (Å²) in [4.78, 5) is 12.6. The third kappa shape index (κ3) is 6.32. The van der Waals surface area contributed by atoms with Gasteiger partial charge >= 0.3 is 5.97 Å². The maximum Gasteiger partial charge on any atom is 0.338 e. The Morgan fingerprint density at radius 3 is 1.79 bits per heavy atom. The molecule has 1 aliphatic rings. The van der Waals surface area contributed by atoms with E-state index in [9.17, 15) is 4.79 Å². The Balaban J connectivity index is 1.49. The molecule has 0 N–H and O–H groups in total. The molecule has 0 spiro atoms. The number of ether oxygens (including phenoxy) is 4. The maximum absolute atomic E-state index is 12.6. The zero-order chi connectivity index (χ0) is 23.8. The van der Waals surface area contributed by atoms with E-state index in [1.807, 2.05) is 85.8 Å². The fraction of sp³-hybridized carbons (Fsp3) is 0.345. The lowest BCUT2D eigenvalue weighted by Crippen LogP contribution is -2.56. The smallest absolute Gasteiger partial charge is 0.338 e.